The first kappa shape index (κ1) is 21.3. The number of sulfonamides is 1. The first-order chi connectivity index (χ1) is 13.9. The van der Waals surface area contributed by atoms with Crippen LogP contribution in [0.5, 0.6) is 0 Å². The van der Waals surface area contributed by atoms with Crippen molar-refractivity contribution >= 4 is 21.6 Å². The van der Waals surface area contributed by atoms with Gasteiger partial charge in [-0.25, -0.2) is 12.7 Å². The number of nitrogens with zero attached hydrogens (tertiary/aromatic N) is 3. The zero-order valence-corrected chi connectivity index (χ0v) is 17.9. The van der Waals surface area contributed by atoms with Gasteiger partial charge in [-0.15, -0.1) is 0 Å². The van der Waals surface area contributed by atoms with Crippen molar-refractivity contribution in [1.29, 1.82) is 0 Å². The van der Waals surface area contributed by atoms with Gasteiger partial charge in [0.2, 0.25) is 15.9 Å². The van der Waals surface area contributed by atoms with Crippen molar-refractivity contribution < 1.29 is 13.2 Å². The number of para-hydroxylation sites is 1. The molecule has 0 atom stereocenters. The molecule has 1 amide bonds. The number of piperazine rings is 1. The van der Waals surface area contributed by atoms with E-state index >= 15 is 0 Å². The summed E-state index contributed by atoms with van der Waals surface area (Å²) in [6.07, 6.45) is 2.04. The number of aryl methyl sites for hydroxylation is 1. The number of anilines is 1. The fourth-order valence-electron chi connectivity index (χ4n) is 3.49. The monoisotopic (exact) mass is 415 g/mol. The van der Waals surface area contributed by atoms with Gasteiger partial charge in [0, 0.05) is 52.4 Å². The van der Waals surface area contributed by atoms with Gasteiger partial charge in [0.1, 0.15) is 0 Å². The minimum Gasteiger partial charge on any atom is -0.368 e. The predicted octanol–water partition coefficient (Wildman–Crippen LogP) is 2.61. The molecule has 3 rings (SSSR count). The average molecular weight is 416 g/mol. The van der Waals surface area contributed by atoms with Crippen molar-refractivity contribution in [3.05, 3.63) is 60.2 Å². The molecule has 0 spiro atoms. The van der Waals surface area contributed by atoms with Crippen molar-refractivity contribution in [3.8, 4) is 0 Å². The Balaban J connectivity index is 1.43. The number of hydrogen-bond acceptors (Lipinski definition) is 4. The van der Waals surface area contributed by atoms with Crippen molar-refractivity contribution in [3.63, 3.8) is 0 Å². The molecular weight excluding hydrogens is 386 g/mol. The van der Waals surface area contributed by atoms with E-state index in [1.807, 2.05) is 35.2 Å². The molecule has 156 valence electrons. The number of hydrogen-bond donors (Lipinski definition) is 0. The van der Waals surface area contributed by atoms with Crippen LogP contribution in [0.25, 0.3) is 0 Å². The molecule has 1 aliphatic heterocycles. The summed E-state index contributed by atoms with van der Waals surface area (Å²) in [5, 5.41) is 0. The quantitative estimate of drug-likeness (QED) is 0.697. The van der Waals surface area contributed by atoms with Crippen molar-refractivity contribution in [2.24, 2.45) is 0 Å². The zero-order valence-electron chi connectivity index (χ0n) is 17.1. The van der Waals surface area contributed by atoms with Gasteiger partial charge in [0.25, 0.3) is 0 Å². The Bertz CT molecular complexity index is 904. The Morgan fingerprint density at radius 3 is 2.14 bits per heavy atom. The van der Waals surface area contributed by atoms with Crippen LogP contribution in [0.3, 0.4) is 0 Å². The maximum Gasteiger partial charge on any atom is 0.242 e. The second-order valence-electron chi connectivity index (χ2n) is 7.49. The SMILES string of the molecule is CN(C)S(=O)(=O)c1ccc(CCCC(=O)N2CCN(c3ccccc3)CC2)cc1. The first-order valence-electron chi connectivity index (χ1n) is 9.97. The van der Waals surface area contributed by atoms with E-state index in [9.17, 15) is 13.2 Å². The minimum atomic E-state index is -3.40. The topological polar surface area (TPSA) is 60.9 Å². The average Bonchev–Trinajstić information content (AvgIpc) is 2.74. The van der Waals surface area contributed by atoms with Gasteiger partial charge in [-0.05, 0) is 42.7 Å². The fourth-order valence-corrected chi connectivity index (χ4v) is 4.40. The summed E-state index contributed by atoms with van der Waals surface area (Å²) in [6, 6.07) is 17.2. The summed E-state index contributed by atoms with van der Waals surface area (Å²) in [4.78, 5) is 17.1. The maximum atomic E-state index is 12.5. The highest BCUT2D eigenvalue weighted by molar-refractivity contribution is 7.89. The lowest BCUT2D eigenvalue weighted by Gasteiger charge is -2.36. The second kappa shape index (κ2) is 9.41. The van der Waals surface area contributed by atoms with E-state index in [-0.39, 0.29) is 5.91 Å². The van der Waals surface area contributed by atoms with E-state index in [4.69, 9.17) is 0 Å². The summed E-state index contributed by atoms with van der Waals surface area (Å²) < 4.78 is 25.4. The summed E-state index contributed by atoms with van der Waals surface area (Å²) >= 11 is 0. The molecule has 29 heavy (non-hydrogen) atoms. The van der Waals surface area contributed by atoms with Gasteiger partial charge >= 0.3 is 0 Å². The molecule has 0 radical (unpaired) electrons. The van der Waals surface area contributed by atoms with E-state index in [1.165, 1.54) is 24.1 Å². The molecule has 7 heteroatoms. The zero-order chi connectivity index (χ0) is 20.9. The van der Waals surface area contributed by atoms with E-state index in [2.05, 4.69) is 17.0 Å². The minimum absolute atomic E-state index is 0.199. The van der Waals surface area contributed by atoms with Gasteiger partial charge in [-0.2, -0.15) is 0 Å². The maximum absolute atomic E-state index is 12.5. The molecule has 0 aromatic heterocycles. The second-order valence-corrected chi connectivity index (χ2v) is 9.64. The van der Waals surface area contributed by atoms with E-state index < -0.39 is 10.0 Å². The Morgan fingerprint density at radius 1 is 0.931 bits per heavy atom. The Kier molecular flexibility index (Phi) is 6.92. The molecule has 0 saturated carbocycles. The first-order valence-corrected chi connectivity index (χ1v) is 11.4. The highest BCUT2D eigenvalue weighted by atomic mass is 32.2. The van der Waals surface area contributed by atoms with Crippen LogP contribution >= 0.6 is 0 Å². The molecule has 1 heterocycles. The molecule has 2 aromatic rings. The van der Waals surface area contributed by atoms with Crippen molar-refractivity contribution in [2.45, 2.75) is 24.2 Å². The summed E-state index contributed by atoms with van der Waals surface area (Å²) in [5.74, 6) is 0.199. The number of carbonyl (C=O) groups is 1. The molecule has 0 unspecified atom stereocenters. The van der Waals surface area contributed by atoms with Crippen LogP contribution in [-0.2, 0) is 21.2 Å². The Labute approximate surface area is 173 Å². The molecule has 0 bridgehead atoms. The van der Waals surface area contributed by atoms with Gasteiger partial charge < -0.3 is 9.80 Å². The van der Waals surface area contributed by atoms with Gasteiger partial charge in [0.05, 0.1) is 4.90 Å². The van der Waals surface area contributed by atoms with Crippen LogP contribution in [0.2, 0.25) is 0 Å². The van der Waals surface area contributed by atoms with Crippen LogP contribution in [0.1, 0.15) is 18.4 Å². The van der Waals surface area contributed by atoms with E-state index in [0.29, 0.717) is 11.3 Å². The molecule has 2 aromatic carbocycles. The molecule has 0 aliphatic carbocycles. The molecule has 1 saturated heterocycles. The number of benzene rings is 2. The molecule has 1 aliphatic rings. The summed E-state index contributed by atoms with van der Waals surface area (Å²) in [5.41, 5.74) is 2.25. The molecular formula is C22H29N3O3S. The molecule has 1 fully saturated rings. The van der Waals surface area contributed by atoms with Crippen LogP contribution < -0.4 is 4.90 Å². The third-order valence-electron chi connectivity index (χ3n) is 5.31. The van der Waals surface area contributed by atoms with E-state index in [0.717, 1.165) is 44.6 Å². The fraction of sp³-hybridized carbons (Fsp3) is 0.409. The lowest BCUT2D eigenvalue weighted by molar-refractivity contribution is -0.131. The highest BCUT2D eigenvalue weighted by Gasteiger charge is 2.21. The van der Waals surface area contributed by atoms with Crippen LogP contribution in [0.15, 0.2) is 59.5 Å². The van der Waals surface area contributed by atoms with Crippen molar-refractivity contribution in [1.82, 2.24) is 9.21 Å². The summed E-state index contributed by atoms with van der Waals surface area (Å²) in [6.45, 7) is 3.23. The van der Waals surface area contributed by atoms with Crippen molar-refractivity contribution in [2.75, 3.05) is 45.2 Å². The highest BCUT2D eigenvalue weighted by Crippen LogP contribution is 2.17. The smallest absolute Gasteiger partial charge is 0.242 e. The van der Waals surface area contributed by atoms with E-state index in [1.54, 1.807) is 12.1 Å². The normalized spacial score (nSPS) is 15.0. The van der Waals surface area contributed by atoms with Gasteiger partial charge in [-0.1, -0.05) is 30.3 Å². The predicted molar refractivity (Wildman–Crippen MR) is 115 cm³/mol. The van der Waals surface area contributed by atoms with Gasteiger partial charge in [-0.3, -0.25) is 4.79 Å². The summed E-state index contributed by atoms with van der Waals surface area (Å²) in [7, 11) is -0.354. The number of rotatable bonds is 7. The van der Waals surface area contributed by atoms with Crippen LogP contribution in [0, 0.1) is 0 Å². The number of amides is 1. The molecule has 0 N–H and O–H groups in total. The standard InChI is InChI=1S/C22H29N3O3S/c1-23(2)29(27,28)21-13-11-19(12-14-21)7-6-10-22(26)25-17-15-24(16-18-25)20-8-4-3-5-9-20/h3-5,8-9,11-14H,6-7,10,15-18H2,1-2H3. The lowest BCUT2D eigenvalue weighted by atomic mass is 10.1. The largest absolute Gasteiger partial charge is 0.368 e. The third kappa shape index (κ3) is 5.36. The molecule has 6 nitrogen and oxygen atoms in total. The van der Waals surface area contributed by atoms with Crippen LogP contribution in [0.4, 0.5) is 5.69 Å². The number of carbonyl (C=O) groups excluding carboxylic acids is 1. The third-order valence-corrected chi connectivity index (χ3v) is 7.14. The lowest BCUT2D eigenvalue weighted by Crippen LogP contribution is -2.48. The Hall–Kier alpha value is -2.38. The Morgan fingerprint density at radius 2 is 1.55 bits per heavy atom. The van der Waals surface area contributed by atoms with Crippen LogP contribution in [-0.4, -0.2) is 63.8 Å². The van der Waals surface area contributed by atoms with Gasteiger partial charge in [0.15, 0.2) is 0 Å².